The SMILES string of the molecule is CCC(C)C(N)CSc1ncnc2nc[nH]c12. The fourth-order valence-corrected chi connectivity index (χ4v) is 2.59. The van der Waals surface area contributed by atoms with Gasteiger partial charge in [-0.15, -0.1) is 11.8 Å². The lowest BCUT2D eigenvalue weighted by atomic mass is 10.0. The van der Waals surface area contributed by atoms with Gasteiger partial charge in [0.2, 0.25) is 0 Å². The van der Waals surface area contributed by atoms with Crippen molar-refractivity contribution in [2.24, 2.45) is 11.7 Å². The maximum Gasteiger partial charge on any atom is 0.181 e. The van der Waals surface area contributed by atoms with Crippen LogP contribution < -0.4 is 5.73 Å². The standard InChI is InChI=1S/C11H17N5S/c1-3-7(2)8(12)4-17-11-9-10(14-5-13-9)15-6-16-11/h5-8H,3-4,12H2,1-2H3,(H,13,14,15,16). The van der Waals surface area contributed by atoms with E-state index in [9.17, 15) is 0 Å². The van der Waals surface area contributed by atoms with Crippen molar-refractivity contribution in [1.29, 1.82) is 0 Å². The highest BCUT2D eigenvalue weighted by Crippen LogP contribution is 2.23. The van der Waals surface area contributed by atoms with Gasteiger partial charge in [-0.2, -0.15) is 0 Å². The molecule has 92 valence electrons. The lowest BCUT2D eigenvalue weighted by molar-refractivity contribution is 0.475. The van der Waals surface area contributed by atoms with Crippen molar-refractivity contribution in [2.75, 3.05) is 5.75 Å². The normalized spacial score (nSPS) is 15.0. The summed E-state index contributed by atoms with van der Waals surface area (Å²) in [6, 6.07) is 0.193. The molecule has 0 aliphatic heterocycles. The summed E-state index contributed by atoms with van der Waals surface area (Å²) in [5.74, 6) is 1.39. The van der Waals surface area contributed by atoms with Gasteiger partial charge in [-0.1, -0.05) is 20.3 Å². The Morgan fingerprint density at radius 3 is 3.00 bits per heavy atom. The first-order valence-electron chi connectivity index (χ1n) is 5.74. The smallest absolute Gasteiger partial charge is 0.181 e. The minimum Gasteiger partial charge on any atom is -0.341 e. The predicted molar refractivity (Wildman–Crippen MR) is 69.8 cm³/mol. The number of nitrogens with one attached hydrogen (secondary N) is 1. The molecule has 5 nitrogen and oxygen atoms in total. The van der Waals surface area contributed by atoms with Crippen LogP contribution in [0.4, 0.5) is 0 Å². The number of hydrogen-bond acceptors (Lipinski definition) is 5. The van der Waals surface area contributed by atoms with Gasteiger partial charge in [0.1, 0.15) is 16.9 Å². The van der Waals surface area contributed by atoms with E-state index in [1.807, 2.05) is 0 Å². The molecule has 2 aromatic rings. The van der Waals surface area contributed by atoms with Crippen molar-refractivity contribution >= 4 is 22.9 Å². The molecule has 0 radical (unpaired) electrons. The van der Waals surface area contributed by atoms with Gasteiger partial charge in [-0.25, -0.2) is 15.0 Å². The van der Waals surface area contributed by atoms with E-state index in [0.29, 0.717) is 11.6 Å². The van der Waals surface area contributed by atoms with Crippen LogP contribution in [-0.2, 0) is 0 Å². The lowest BCUT2D eigenvalue weighted by Crippen LogP contribution is -2.30. The second-order valence-electron chi connectivity index (χ2n) is 4.14. The van der Waals surface area contributed by atoms with Gasteiger partial charge in [0.15, 0.2) is 5.65 Å². The molecule has 2 aromatic heterocycles. The summed E-state index contributed by atoms with van der Waals surface area (Å²) in [4.78, 5) is 15.5. The van der Waals surface area contributed by atoms with Crippen LogP contribution in [0, 0.1) is 5.92 Å². The van der Waals surface area contributed by atoms with E-state index in [2.05, 4.69) is 33.8 Å². The Morgan fingerprint density at radius 2 is 2.24 bits per heavy atom. The molecule has 0 bridgehead atoms. The number of nitrogens with zero attached hydrogens (tertiary/aromatic N) is 3. The van der Waals surface area contributed by atoms with Gasteiger partial charge < -0.3 is 10.7 Å². The Bertz CT molecular complexity index is 483. The molecule has 0 fully saturated rings. The maximum atomic E-state index is 6.10. The molecule has 0 aliphatic carbocycles. The molecule has 2 rings (SSSR count). The van der Waals surface area contributed by atoms with Crippen molar-refractivity contribution in [3.63, 3.8) is 0 Å². The molecule has 0 spiro atoms. The van der Waals surface area contributed by atoms with Crippen LogP contribution in [0.3, 0.4) is 0 Å². The molecular weight excluding hydrogens is 234 g/mol. The third-order valence-corrected chi connectivity index (χ3v) is 4.11. The molecule has 0 amide bonds. The fourth-order valence-electron chi connectivity index (χ4n) is 1.49. The maximum absolute atomic E-state index is 6.10. The largest absolute Gasteiger partial charge is 0.341 e. The second kappa shape index (κ2) is 5.46. The van der Waals surface area contributed by atoms with Crippen LogP contribution in [0.2, 0.25) is 0 Å². The van der Waals surface area contributed by atoms with Crippen molar-refractivity contribution < 1.29 is 0 Å². The number of thioether (sulfide) groups is 1. The highest BCUT2D eigenvalue weighted by molar-refractivity contribution is 7.99. The van der Waals surface area contributed by atoms with Crippen LogP contribution in [0.25, 0.3) is 11.2 Å². The van der Waals surface area contributed by atoms with E-state index >= 15 is 0 Å². The number of fused-ring (bicyclic) bond motifs is 1. The molecule has 0 saturated carbocycles. The van der Waals surface area contributed by atoms with Crippen molar-refractivity contribution in [1.82, 2.24) is 19.9 Å². The van der Waals surface area contributed by atoms with Gasteiger partial charge in [-0.05, 0) is 5.92 Å². The van der Waals surface area contributed by atoms with Crippen LogP contribution in [-0.4, -0.2) is 31.7 Å². The van der Waals surface area contributed by atoms with Crippen molar-refractivity contribution in [3.8, 4) is 0 Å². The number of imidazole rings is 1. The molecule has 0 aliphatic rings. The Kier molecular flexibility index (Phi) is 3.96. The van der Waals surface area contributed by atoms with Gasteiger partial charge in [0.25, 0.3) is 0 Å². The van der Waals surface area contributed by atoms with Gasteiger partial charge >= 0.3 is 0 Å². The number of hydrogen-bond donors (Lipinski definition) is 2. The third-order valence-electron chi connectivity index (χ3n) is 2.98. The number of nitrogens with two attached hydrogens (primary N) is 1. The molecule has 0 saturated heterocycles. The summed E-state index contributed by atoms with van der Waals surface area (Å²) in [6.45, 7) is 4.34. The van der Waals surface area contributed by atoms with E-state index in [4.69, 9.17) is 5.73 Å². The Hall–Kier alpha value is -1.14. The van der Waals surface area contributed by atoms with E-state index in [1.165, 1.54) is 0 Å². The summed E-state index contributed by atoms with van der Waals surface area (Å²) in [5.41, 5.74) is 7.71. The fraction of sp³-hybridized carbons (Fsp3) is 0.545. The Morgan fingerprint density at radius 1 is 1.41 bits per heavy atom. The summed E-state index contributed by atoms with van der Waals surface area (Å²) in [7, 11) is 0. The first-order valence-corrected chi connectivity index (χ1v) is 6.73. The minimum atomic E-state index is 0.193. The first kappa shape index (κ1) is 12.3. The van der Waals surface area contributed by atoms with Crippen LogP contribution in [0.15, 0.2) is 17.7 Å². The third kappa shape index (κ3) is 2.76. The van der Waals surface area contributed by atoms with Gasteiger partial charge in [0, 0.05) is 11.8 Å². The molecule has 17 heavy (non-hydrogen) atoms. The molecule has 2 atom stereocenters. The average Bonchev–Trinajstić information content (AvgIpc) is 2.83. The zero-order chi connectivity index (χ0) is 12.3. The zero-order valence-corrected chi connectivity index (χ0v) is 10.9. The molecule has 2 unspecified atom stereocenters. The highest BCUT2D eigenvalue weighted by Gasteiger charge is 2.13. The summed E-state index contributed by atoms with van der Waals surface area (Å²) in [5, 5.41) is 0.922. The van der Waals surface area contributed by atoms with Crippen LogP contribution in [0.1, 0.15) is 20.3 Å². The summed E-state index contributed by atoms with van der Waals surface area (Å²) >= 11 is 1.66. The highest BCUT2D eigenvalue weighted by atomic mass is 32.2. The van der Waals surface area contributed by atoms with Crippen LogP contribution >= 0.6 is 11.8 Å². The first-order chi connectivity index (χ1) is 8.22. The molecule has 6 heteroatoms. The second-order valence-corrected chi connectivity index (χ2v) is 5.15. The van der Waals surface area contributed by atoms with E-state index in [1.54, 1.807) is 24.4 Å². The number of rotatable bonds is 5. The van der Waals surface area contributed by atoms with Crippen LogP contribution in [0.5, 0.6) is 0 Å². The number of aromatic amines is 1. The average molecular weight is 251 g/mol. The molecular formula is C11H17N5S. The Labute approximate surface area is 105 Å². The van der Waals surface area contributed by atoms with Gasteiger partial charge in [-0.3, -0.25) is 0 Å². The molecule has 0 aromatic carbocycles. The lowest BCUT2D eigenvalue weighted by Gasteiger charge is -2.17. The Balaban J connectivity index is 2.06. The van der Waals surface area contributed by atoms with E-state index in [0.717, 1.165) is 22.7 Å². The summed E-state index contributed by atoms with van der Waals surface area (Å²) < 4.78 is 0. The zero-order valence-electron chi connectivity index (χ0n) is 10.1. The molecule has 3 N–H and O–H groups in total. The quantitative estimate of drug-likeness (QED) is 0.626. The summed E-state index contributed by atoms with van der Waals surface area (Å²) in [6.07, 6.45) is 4.28. The minimum absolute atomic E-state index is 0.193. The van der Waals surface area contributed by atoms with Crippen molar-refractivity contribution in [2.45, 2.75) is 31.3 Å². The molecule has 2 heterocycles. The van der Waals surface area contributed by atoms with E-state index < -0.39 is 0 Å². The van der Waals surface area contributed by atoms with E-state index in [-0.39, 0.29) is 6.04 Å². The topological polar surface area (TPSA) is 80.5 Å². The number of aromatic nitrogens is 4. The van der Waals surface area contributed by atoms with Crippen molar-refractivity contribution in [3.05, 3.63) is 12.7 Å². The van der Waals surface area contributed by atoms with Gasteiger partial charge in [0.05, 0.1) is 6.33 Å². The predicted octanol–water partition coefficient (Wildman–Crippen LogP) is 1.82. The number of H-pyrrole nitrogens is 1. The monoisotopic (exact) mass is 251 g/mol.